The Hall–Kier alpha value is -0.630. The van der Waals surface area contributed by atoms with Crippen molar-refractivity contribution in [3.05, 3.63) is 11.6 Å². The zero-order valence-corrected chi connectivity index (χ0v) is 19.5. The van der Waals surface area contributed by atoms with Crippen LogP contribution in [0.4, 0.5) is 0 Å². The van der Waals surface area contributed by atoms with Gasteiger partial charge in [-0.3, -0.25) is 4.79 Å². The first-order valence-electron chi connectivity index (χ1n) is 12.6. The van der Waals surface area contributed by atoms with Crippen molar-refractivity contribution >= 4 is 5.78 Å². The molecular formula is C27H44O2. The average Bonchev–Trinajstić information content (AvgIpc) is 3.00. The molecule has 0 saturated heterocycles. The molecule has 2 nitrogen and oxygen atoms in total. The fourth-order valence-electron chi connectivity index (χ4n) is 8.41. The van der Waals surface area contributed by atoms with Crippen LogP contribution in [0.3, 0.4) is 0 Å². The van der Waals surface area contributed by atoms with E-state index in [0.717, 1.165) is 37.0 Å². The van der Waals surface area contributed by atoms with Gasteiger partial charge in [0.2, 0.25) is 0 Å². The molecule has 0 bridgehead atoms. The number of allylic oxidation sites excluding steroid dienone is 1. The Morgan fingerprint density at radius 1 is 1.03 bits per heavy atom. The molecule has 1 N–H and O–H groups in total. The van der Waals surface area contributed by atoms with Gasteiger partial charge in [-0.05, 0) is 91.4 Å². The zero-order valence-electron chi connectivity index (χ0n) is 19.5. The van der Waals surface area contributed by atoms with Crippen LogP contribution in [0.2, 0.25) is 0 Å². The lowest BCUT2D eigenvalue weighted by atomic mass is 9.46. The monoisotopic (exact) mass is 400 g/mol. The van der Waals surface area contributed by atoms with Crippen molar-refractivity contribution in [3.8, 4) is 0 Å². The predicted molar refractivity (Wildman–Crippen MR) is 119 cm³/mol. The van der Waals surface area contributed by atoms with Gasteiger partial charge in [-0.15, -0.1) is 0 Å². The van der Waals surface area contributed by atoms with E-state index in [-0.39, 0.29) is 17.4 Å². The van der Waals surface area contributed by atoms with Gasteiger partial charge >= 0.3 is 0 Å². The Labute approximate surface area is 178 Å². The molecule has 0 spiro atoms. The standard InChI is InChI=1S/C27H44O2/c1-17(2)7-6-8-18(3)21-9-10-22-25-23(12-14-27(21,22)5)26(4)13-11-20(28)15-19(26)16-24(25)29/h16-18,20-23,25,28H,6-15H2,1-5H3/t18-,20+,21-,22+,23-,25-,26+,27-/m1/s1. The second kappa shape index (κ2) is 7.81. The number of carbonyl (C=O) groups excluding carboxylic acids is 1. The summed E-state index contributed by atoms with van der Waals surface area (Å²) >= 11 is 0. The second-order valence-corrected chi connectivity index (χ2v) is 12.2. The molecule has 0 aromatic heterocycles. The van der Waals surface area contributed by atoms with Gasteiger partial charge in [-0.2, -0.15) is 0 Å². The van der Waals surface area contributed by atoms with Crippen LogP contribution in [-0.4, -0.2) is 17.0 Å². The minimum atomic E-state index is -0.241. The largest absolute Gasteiger partial charge is 0.393 e. The first-order valence-corrected chi connectivity index (χ1v) is 12.6. The molecule has 4 aliphatic rings. The highest BCUT2D eigenvalue weighted by atomic mass is 16.3. The Morgan fingerprint density at radius 3 is 2.52 bits per heavy atom. The molecule has 4 aliphatic carbocycles. The number of aliphatic hydroxyl groups is 1. The van der Waals surface area contributed by atoms with Gasteiger partial charge in [0.05, 0.1) is 6.10 Å². The van der Waals surface area contributed by atoms with Crippen molar-refractivity contribution in [3.63, 3.8) is 0 Å². The summed E-state index contributed by atoms with van der Waals surface area (Å²) in [6.07, 6.45) is 13.6. The molecule has 3 fully saturated rings. The van der Waals surface area contributed by atoms with Crippen molar-refractivity contribution in [2.24, 2.45) is 46.3 Å². The van der Waals surface area contributed by atoms with E-state index >= 15 is 0 Å². The first kappa shape index (κ1) is 21.6. The molecule has 4 rings (SSSR count). The van der Waals surface area contributed by atoms with Crippen LogP contribution >= 0.6 is 0 Å². The van der Waals surface area contributed by atoms with Gasteiger partial charge in [0.25, 0.3) is 0 Å². The van der Waals surface area contributed by atoms with E-state index in [1.807, 2.05) is 6.08 Å². The highest BCUT2D eigenvalue weighted by molar-refractivity contribution is 5.94. The number of fused-ring (bicyclic) bond motifs is 5. The molecule has 29 heavy (non-hydrogen) atoms. The van der Waals surface area contributed by atoms with Gasteiger partial charge in [-0.1, -0.05) is 59.5 Å². The lowest BCUT2D eigenvalue weighted by molar-refractivity contribution is -0.135. The summed E-state index contributed by atoms with van der Waals surface area (Å²) in [4.78, 5) is 13.4. The topological polar surface area (TPSA) is 37.3 Å². The minimum absolute atomic E-state index is 0.153. The highest BCUT2D eigenvalue weighted by Crippen LogP contribution is 2.66. The maximum atomic E-state index is 13.4. The Balaban J connectivity index is 1.54. The molecule has 2 heteroatoms. The third kappa shape index (κ3) is 3.56. The quantitative estimate of drug-likeness (QED) is 0.567. The summed E-state index contributed by atoms with van der Waals surface area (Å²) in [5.41, 5.74) is 1.77. The second-order valence-electron chi connectivity index (χ2n) is 12.2. The molecule has 0 aromatic carbocycles. The average molecular weight is 401 g/mol. The number of hydrogen-bond acceptors (Lipinski definition) is 2. The van der Waals surface area contributed by atoms with Crippen LogP contribution in [0.25, 0.3) is 0 Å². The van der Waals surface area contributed by atoms with Crippen molar-refractivity contribution in [1.29, 1.82) is 0 Å². The van der Waals surface area contributed by atoms with Crippen molar-refractivity contribution in [1.82, 2.24) is 0 Å². The Morgan fingerprint density at radius 2 is 1.79 bits per heavy atom. The van der Waals surface area contributed by atoms with E-state index in [9.17, 15) is 9.90 Å². The molecule has 0 amide bonds. The third-order valence-electron chi connectivity index (χ3n) is 10.1. The van der Waals surface area contributed by atoms with Gasteiger partial charge < -0.3 is 5.11 Å². The highest BCUT2D eigenvalue weighted by Gasteiger charge is 2.61. The maximum Gasteiger partial charge on any atom is 0.159 e. The van der Waals surface area contributed by atoms with Gasteiger partial charge in [-0.25, -0.2) is 0 Å². The van der Waals surface area contributed by atoms with Crippen LogP contribution in [-0.2, 0) is 4.79 Å². The van der Waals surface area contributed by atoms with E-state index in [2.05, 4.69) is 34.6 Å². The van der Waals surface area contributed by atoms with E-state index in [1.165, 1.54) is 50.5 Å². The summed E-state index contributed by atoms with van der Waals surface area (Å²) in [5, 5.41) is 10.2. The number of carbonyl (C=O) groups is 1. The summed E-state index contributed by atoms with van der Waals surface area (Å²) < 4.78 is 0. The number of ketones is 1. The summed E-state index contributed by atoms with van der Waals surface area (Å²) in [5.74, 6) is 4.11. The summed E-state index contributed by atoms with van der Waals surface area (Å²) in [6, 6.07) is 0. The van der Waals surface area contributed by atoms with Crippen LogP contribution in [0, 0.1) is 46.3 Å². The Kier molecular flexibility index (Phi) is 5.82. The lowest BCUT2D eigenvalue weighted by Gasteiger charge is -2.57. The van der Waals surface area contributed by atoms with Crippen LogP contribution < -0.4 is 0 Å². The van der Waals surface area contributed by atoms with Crippen molar-refractivity contribution in [2.75, 3.05) is 0 Å². The van der Waals surface area contributed by atoms with Crippen molar-refractivity contribution in [2.45, 2.75) is 105 Å². The van der Waals surface area contributed by atoms with Crippen LogP contribution in [0.15, 0.2) is 11.6 Å². The Bertz CT molecular complexity index is 663. The van der Waals surface area contributed by atoms with Crippen LogP contribution in [0.1, 0.15) is 98.8 Å². The van der Waals surface area contributed by atoms with Gasteiger partial charge in [0.1, 0.15) is 0 Å². The van der Waals surface area contributed by atoms with Crippen LogP contribution in [0.5, 0.6) is 0 Å². The fourth-order valence-corrected chi connectivity index (χ4v) is 8.41. The normalized spacial score (nSPS) is 45.4. The summed E-state index contributed by atoms with van der Waals surface area (Å²) in [7, 11) is 0. The molecule has 0 radical (unpaired) electrons. The third-order valence-corrected chi connectivity index (χ3v) is 10.1. The molecule has 0 heterocycles. The van der Waals surface area contributed by atoms with Gasteiger partial charge in [0, 0.05) is 5.92 Å². The molecule has 164 valence electrons. The maximum absolute atomic E-state index is 13.4. The molecule has 0 aromatic rings. The van der Waals surface area contributed by atoms with Crippen molar-refractivity contribution < 1.29 is 9.90 Å². The van der Waals surface area contributed by atoms with E-state index in [0.29, 0.717) is 23.0 Å². The zero-order chi connectivity index (χ0) is 21.0. The van der Waals surface area contributed by atoms with E-state index in [4.69, 9.17) is 0 Å². The van der Waals surface area contributed by atoms with Gasteiger partial charge in [0.15, 0.2) is 5.78 Å². The molecule has 3 saturated carbocycles. The summed E-state index contributed by atoms with van der Waals surface area (Å²) in [6.45, 7) is 12.1. The fraction of sp³-hybridized carbons (Fsp3) is 0.889. The van der Waals surface area contributed by atoms with E-state index in [1.54, 1.807) is 0 Å². The first-order chi connectivity index (χ1) is 13.7. The smallest absolute Gasteiger partial charge is 0.159 e. The number of hydrogen-bond donors (Lipinski definition) is 1. The van der Waals surface area contributed by atoms with E-state index < -0.39 is 0 Å². The lowest BCUT2D eigenvalue weighted by Crippen LogP contribution is -2.53. The molecule has 8 atom stereocenters. The minimum Gasteiger partial charge on any atom is -0.393 e. The molecule has 0 aliphatic heterocycles. The number of rotatable bonds is 5. The SMILES string of the molecule is CC(C)CCC[C@@H](C)[C@H]1CC[C@H]2[C@H]3C(=O)C=C4C[C@@H](O)CC[C@]4(C)[C@@H]3CC[C@]12C. The number of aliphatic hydroxyl groups excluding tert-OH is 1. The molecular weight excluding hydrogens is 356 g/mol. The predicted octanol–water partition coefficient (Wildman–Crippen LogP) is 6.57. The molecule has 0 unspecified atom stereocenters.